The van der Waals surface area contributed by atoms with Crippen molar-refractivity contribution in [2.45, 2.75) is 92.0 Å². The Morgan fingerprint density at radius 3 is 2.78 bits per heavy atom. The SMILES string of the molecule is CCCCC(CC)CNC(=O)c1cc(-c2csc(-c3ccc(C)nc3)n2)n(CCC2=CCCCC2)c1C. The molecule has 1 N–H and O–H groups in total. The number of thiazole rings is 1. The number of aromatic nitrogens is 3. The molecule has 3 aromatic rings. The first-order valence-electron chi connectivity index (χ1n) is 14.0. The Balaban J connectivity index is 1.60. The van der Waals surface area contributed by atoms with E-state index in [2.05, 4.69) is 59.2 Å². The Kier molecular flexibility index (Phi) is 9.73. The van der Waals surface area contributed by atoms with Crippen LogP contribution in [0.2, 0.25) is 0 Å². The number of pyridine rings is 1. The normalized spacial score (nSPS) is 14.4. The van der Waals surface area contributed by atoms with Gasteiger partial charge in [0.25, 0.3) is 5.91 Å². The van der Waals surface area contributed by atoms with Crippen LogP contribution in [0.3, 0.4) is 0 Å². The minimum atomic E-state index is 0.0301. The van der Waals surface area contributed by atoms with Gasteiger partial charge in [-0.05, 0) is 76.5 Å². The van der Waals surface area contributed by atoms with Crippen molar-refractivity contribution < 1.29 is 4.79 Å². The van der Waals surface area contributed by atoms with Crippen LogP contribution in [-0.4, -0.2) is 27.0 Å². The van der Waals surface area contributed by atoms with Crippen molar-refractivity contribution in [2.75, 3.05) is 6.54 Å². The van der Waals surface area contributed by atoms with Gasteiger partial charge in [-0.25, -0.2) is 4.98 Å². The summed E-state index contributed by atoms with van der Waals surface area (Å²) >= 11 is 1.63. The second-order valence-corrected chi connectivity index (χ2v) is 11.2. The number of rotatable bonds is 12. The fraction of sp³-hybridized carbons (Fsp3) is 0.516. The van der Waals surface area contributed by atoms with Crippen LogP contribution in [0.1, 0.15) is 93.4 Å². The first-order chi connectivity index (χ1) is 18.0. The van der Waals surface area contributed by atoms with Crippen LogP contribution in [0.4, 0.5) is 0 Å². The van der Waals surface area contributed by atoms with Crippen molar-refractivity contribution in [1.82, 2.24) is 19.9 Å². The molecule has 37 heavy (non-hydrogen) atoms. The van der Waals surface area contributed by atoms with Crippen LogP contribution in [-0.2, 0) is 6.54 Å². The van der Waals surface area contributed by atoms with Crippen molar-refractivity contribution in [3.63, 3.8) is 0 Å². The quantitative estimate of drug-likeness (QED) is 0.246. The highest BCUT2D eigenvalue weighted by Gasteiger charge is 2.21. The van der Waals surface area contributed by atoms with Gasteiger partial charge in [0.15, 0.2) is 0 Å². The van der Waals surface area contributed by atoms with Crippen molar-refractivity contribution in [2.24, 2.45) is 5.92 Å². The minimum Gasteiger partial charge on any atom is -0.352 e. The summed E-state index contributed by atoms with van der Waals surface area (Å²) in [6.07, 6.45) is 15.0. The monoisotopic (exact) mass is 518 g/mol. The van der Waals surface area contributed by atoms with Gasteiger partial charge in [-0.1, -0.05) is 44.8 Å². The lowest BCUT2D eigenvalue weighted by atomic mass is 9.97. The molecule has 1 atom stereocenters. The summed E-state index contributed by atoms with van der Waals surface area (Å²) in [5, 5.41) is 6.31. The third kappa shape index (κ3) is 6.98. The number of nitrogens with zero attached hydrogens (tertiary/aromatic N) is 3. The van der Waals surface area contributed by atoms with Gasteiger partial charge in [0.1, 0.15) is 5.01 Å². The number of aryl methyl sites for hydroxylation is 1. The molecule has 0 saturated heterocycles. The summed E-state index contributed by atoms with van der Waals surface area (Å²) in [7, 11) is 0. The van der Waals surface area contributed by atoms with Crippen LogP contribution in [0, 0.1) is 19.8 Å². The Morgan fingerprint density at radius 2 is 2.08 bits per heavy atom. The van der Waals surface area contributed by atoms with Gasteiger partial charge in [-0.15, -0.1) is 11.3 Å². The molecule has 0 spiro atoms. The maximum atomic E-state index is 13.4. The number of allylic oxidation sites excluding steroid dienone is 2. The van der Waals surface area contributed by atoms with E-state index in [9.17, 15) is 4.79 Å². The van der Waals surface area contributed by atoms with E-state index >= 15 is 0 Å². The van der Waals surface area contributed by atoms with Crippen molar-refractivity contribution >= 4 is 17.2 Å². The second kappa shape index (κ2) is 13.2. The number of nitrogens with one attached hydrogen (secondary N) is 1. The molecule has 0 bridgehead atoms. The molecule has 0 saturated carbocycles. The van der Waals surface area contributed by atoms with Gasteiger partial charge in [0, 0.05) is 41.6 Å². The van der Waals surface area contributed by atoms with E-state index in [1.54, 1.807) is 16.9 Å². The van der Waals surface area contributed by atoms with Gasteiger partial charge >= 0.3 is 0 Å². The van der Waals surface area contributed by atoms with Crippen molar-refractivity contribution in [3.05, 3.63) is 58.4 Å². The van der Waals surface area contributed by atoms with Gasteiger partial charge < -0.3 is 9.88 Å². The lowest BCUT2D eigenvalue weighted by Gasteiger charge is -2.16. The molecule has 5 nitrogen and oxygen atoms in total. The lowest BCUT2D eigenvalue weighted by Crippen LogP contribution is -2.29. The Morgan fingerprint density at radius 1 is 1.22 bits per heavy atom. The summed E-state index contributed by atoms with van der Waals surface area (Å²) < 4.78 is 2.31. The van der Waals surface area contributed by atoms with E-state index in [4.69, 9.17) is 4.98 Å². The first-order valence-corrected chi connectivity index (χ1v) is 14.9. The first kappa shape index (κ1) is 27.3. The predicted octanol–water partition coefficient (Wildman–Crippen LogP) is 8.13. The third-order valence-electron chi connectivity index (χ3n) is 7.67. The summed E-state index contributed by atoms with van der Waals surface area (Å²) in [6, 6.07) is 6.15. The number of hydrogen-bond acceptors (Lipinski definition) is 4. The maximum absolute atomic E-state index is 13.4. The lowest BCUT2D eigenvalue weighted by molar-refractivity contribution is 0.0945. The molecule has 198 valence electrons. The van der Waals surface area contributed by atoms with Crippen LogP contribution in [0.5, 0.6) is 0 Å². The van der Waals surface area contributed by atoms with E-state index in [-0.39, 0.29) is 5.91 Å². The Labute approximate surface area is 226 Å². The largest absolute Gasteiger partial charge is 0.352 e. The molecule has 0 aliphatic heterocycles. The molecule has 1 unspecified atom stereocenters. The maximum Gasteiger partial charge on any atom is 0.253 e. The molecule has 1 aliphatic carbocycles. The molecule has 3 heterocycles. The number of hydrogen-bond donors (Lipinski definition) is 1. The molecule has 1 aliphatic rings. The van der Waals surface area contributed by atoms with E-state index in [1.165, 1.54) is 44.9 Å². The van der Waals surface area contributed by atoms with Gasteiger partial charge in [0.05, 0.1) is 17.0 Å². The fourth-order valence-corrected chi connectivity index (χ4v) is 5.96. The molecule has 1 amide bonds. The van der Waals surface area contributed by atoms with Crippen LogP contribution in [0.25, 0.3) is 22.0 Å². The summed E-state index contributed by atoms with van der Waals surface area (Å²) in [5.74, 6) is 0.565. The fourth-order valence-electron chi connectivity index (χ4n) is 5.16. The average molecular weight is 519 g/mol. The van der Waals surface area contributed by atoms with E-state index in [1.807, 2.05) is 19.2 Å². The molecule has 0 aromatic carbocycles. The summed E-state index contributed by atoms with van der Waals surface area (Å²) in [4.78, 5) is 22.8. The van der Waals surface area contributed by atoms with Crippen molar-refractivity contribution in [3.8, 4) is 22.0 Å². The minimum absolute atomic E-state index is 0.0301. The van der Waals surface area contributed by atoms with Gasteiger partial charge in [-0.3, -0.25) is 9.78 Å². The molecule has 0 fully saturated rings. The van der Waals surface area contributed by atoms with E-state index in [0.29, 0.717) is 5.92 Å². The zero-order valence-electron chi connectivity index (χ0n) is 23.0. The molecule has 6 heteroatoms. The highest BCUT2D eigenvalue weighted by Crippen LogP contribution is 2.32. The topological polar surface area (TPSA) is 59.8 Å². The van der Waals surface area contributed by atoms with Gasteiger partial charge in [-0.2, -0.15) is 0 Å². The molecular weight excluding hydrogens is 476 g/mol. The molecular formula is C31H42N4OS. The second-order valence-electron chi connectivity index (χ2n) is 10.4. The molecule has 3 aromatic heterocycles. The Hall–Kier alpha value is -2.73. The third-order valence-corrected chi connectivity index (χ3v) is 8.56. The predicted molar refractivity (Wildman–Crippen MR) is 155 cm³/mol. The van der Waals surface area contributed by atoms with E-state index < -0.39 is 0 Å². The van der Waals surface area contributed by atoms with Crippen LogP contribution >= 0.6 is 11.3 Å². The van der Waals surface area contributed by atoms with E-state index in [0.717, 1.165) is 64.8 Å². The van der Waals surface area contributed by atoms with Crippen LogP contribution in [0.15, 0.2) is 41.4 Å². The number of carbonyl (C=O) groups excluding carboxylic acids is 1. The zero-order valence-corrected chi connectivity index (χ0v) is 23.8. The highest BCUT2D eigenvalue weighted by molar-refractivity contribution is 7.13. The van der Waals surface area contributed by atoms with Gasteiger partial charge in [0.2, 0.25) is 0 Å². The average Bonchev–Trinajstić information content (AvgIpc) is 3.53. The smallest absolute Gasteiger partial charge is 0.253 e. The summed E-state index contributed by atoms with van der Waals surface area (Å²) in [6.45, 7) is 10.1. The van der Waals surface area contributed by atoms with Crippen LogP contribution < -0.4 is 5.32 Å². The van der Waals surface area contributed by atoms with Crippen molar-refractivity contribution in [1.29, 1.82) is 0 Å². The standard InChI is InChI=1S/C31H42N4OS/c1-5-7-11-24(6-2)19-33-30(36)27-18-29(35(23(27)4)17-16-25-12-9-8-10-13-25)28-21-37-31(34-28)26-15-14-22(3)32-20-26/h12,14-15,18,20-21,24H,5-11,13,16-17,19H2,1-4H3,(H,33,36). The highest BCUT2D eigenvalue weighted by atomic mass is 32.1. The number of amides is 1. The Bertz CT molecular complexity index is 1200. The molecule has 4 rings (SSSR count). The zero-order chi connectivity index (χ0) is 26.2. The molecule has 0 radical (unpaired) electrons. The number of unbranched alkanes of at least 4 members (excludes halogenated alkanes) is 1. The summed E-state index contributed by atoms with van der Waals surface area (Å²) in [5.41, 5.74) is 7.32. The number of carbonyl (C=O) groups is 1.